The Morgan fingerprint density at radius 1 is 1.30 bits per heavy atom. The number of aromatic nitrogens is 1. The van der Waals surface area contributed by atoms with E-state index in [4.69, 9.17) is 0 Å². The summed E-state index contributed by atoms with van der Waals surface area (Å²) in [5.41, 5.74) is 1.37. The van der Waals surface area contributed by atoms with Gasteiger partial charge in [0.1, 0.15) is 0 Å². The lowest BCUT2D eigenvalue weighted by atomic mass is 9.96. The van der Waals surface area contributed by atoms with Gasteiger partial charge in [0.05, 0.1) is 0 Å². The van der Waals surface area contributed by atoms with Crippen molar-refractivity contribution in [1.82, 2.24) is 10.3 Å². The molecule has 3 heteroatoms. The highest BCUT2D eigenvalue weighted by Gasteiger charge is 2.26. The van der Waals surface area contributed by atoms with Crippen molar-refractivity contribution in [3.63, 3.8) is 0 Å². The lowest BCUT2D eigenvalue weighted by molar-refractivity contribution is 0.493. The van der Waals surface area contributed by atoms with Crippen LogP contribution in [0, 0.1) is 0 Å². The molecule has 1 N–H and O–H groups in total. The lowest BCUT2D eigenvalue weighted by Gasteiger charge is -2.31. The van der Waals surface area contributed by atoms with Crippen LogP contribution in [0.5, 0.6) is 0 Å². The van der Waals surface area contributed by atoms with E-state index in [1.807, 2.05) is 6.20 Å². The van der Waals surface area contributed by atoms with Crippen LogP contribution in [0.3, 0.4) is 0 Å². The third kappa shape index (κ3) is 2.84. The predicted molar refractivity (Wildman–Crippen MR) is 88.3 cm³/mol. The summed E-state index contributed by atoms with van der Waals surface area (Å²) in [7, 11) is 0. The van der Waals surface area contributed by atoms with E-state index in [2.05, 4.69) is 59.4 Å². The van der Waals surface area contributed by atoms with E-state index in [-0.39, 0.29) is 0 Å². The van der Waals surface area contributed by atoms with Crippen LogP contribution in [-0.4, -0.2) is 22.5 Å². The second kappa shape index (κ2) is 6.59. The number of benzene rings is 1. The second-order valence-corrected chi connectivity index (χ2v) is 6.74. The zero-order valence-electron chi connectivity index (χ0n) is 12.0. The zero-order chi connectivity index (χ0) is 13.8. The van der Waals surface area contributed by atoms with Crippen LogP contribution in [-0.2, 0) is 0 Å². The van der Waals surface area contributed by atoms with Gasteiger partial charge in [0, 0.05) is 29.1 Å². The van der Waals surface area contributed by atoms with E-state index in [1.54, 1.807) is 0 Å². The Hall–Kier alpha value is -1.06. The topological polar surface area (TPSA) is 24.9 Å². The molecule has 0 bridgehead atoms. The molecule has 1 fully saturated rings. The van der Waals surface area contributed by atoms with Crippen molar-refractivity contribution in [2.75, 3.05) is 12.3 Å². The fourth-order valence-corrected chi connectivity index (χ4v) is 4.52. The summed E-state index contributed by atoms with van der Waals surface area (Å²) in [6.45, 7) is 3.20. The van der Waals surface area contributed by atoms with Gasteiger partial charge in [-0.15, -0.1) is 0 Å². The van der Waals surface area contributed by atoms with Gasteiger partial charge in [-0.05, 0) is 36.1 Å². The summed E-state index contributed by atoms with van der Waals surface area (Å²) in [4.78, 5) is 4.46. The molecule has 1 saturated heterocycles. The number of nitrogens with zero attached hydrogens (tertiary/aromatic N) is 1. The molecule has 0 aliphatic carbocycles. The van der Waals surface area contributed by atoms with Crippen molar-refractivity contribution in [3.05, 3.63) is 42.2 Å². The molecule has 2 unspecified atom stereocenters. The monoisotopic (exact) mass is 286 g/mol. The summed E-state index contributed by atoms with van der Waals surface area (Å²) >= 11 is 2.12. The first kappa shape index (κ1) is 13.9. The Morgan fingerprint density at radius 2 is 2.20 bits per heavy atom. The quantitative estimate of drug-likeness (QED) is 0.913. The number of rotatable bonds is 4. The minimum absolute atomic E-state index is 0.420. The summed E-state index contributed by atoms with van der Waals surface area (Å²) < 4.78 is 0. The van der Waals surface area contributed by atoms with Gasteiger partial charge in [0.25, 0.3) is 0 Å². The molecular weight excluding hydrogens is 264 g/mol. The van der Waals surface area contributed by atoms with Gasteiger partial charge in [0.2, 0.25) is 0 Å². The summed E-state index contributed by atoms with van der Waals surface area (Å²) in [6, 6.07) is 9.02. The van der Waals surface area contributed by atoms with Gasteiger partial charge in [-0.2, -0.15) is 11.8 Å². The largest absolute Gasteiger partial charge is 0.309 e. The highest BCUT2D eigenvalue weighted by Crippen LogP contribution is 2.36. The molecule has 0 radical (unpaired) electrons. The van der Waals surface area contributed by atoms with E-state index in [0.29, 0.717) is 11.3 Å². The Morgan fingerprint density at radius 3 is 3.00 bits per heavy atom. The Labute approximate surface area is 125 Å². The first-order valence-corrected chi connectivity index (χ1v) is 8.62. The van der Waals surface area contributed by atoms with Crippen molar-refractivity contribution < 1.29 is 0 Å². The third-order valence-electron chi connectivity index (χ3n) is 4.04. The van der Waals surface area contributed by atoms with E-state index in [1.165, 1.54) is 41.4 Å². The highest BCUT2D eigenvalue weighted by molar-refractivity contribution is 8.00. The number of fused-ring (bicyclic) bond motifs is 1. The van der Waals surface area contributed by atoms with Crippen LogP contribution >= 0.6 is 11.8 Å². The molecule has 0 spiro atoms. The maximum atomic E-state index is 4.46. The molecular formula is C17H22N2S. The Bertz CT molecular complexity index is 558. The number of hydrogen-bond acceptors (Lipinski definition) is 3. The van der Waals surface area contributed by atoms with Crippen molar-refractivity contribution in [2.24, 2.45) is 0 Å². The Kier molecular flexibility index (Phi) is 4.58. The molecule has 3 rings (SSSR count). The van der Waals surface area contributed by atoms with Gasteiger partial charge in [-0.25, -0.2) is 0 Å². The summed E-state index contributed by atoms with van der Waals surface area (Å²) in [5.74, 6) is 1.30. The molecule has 1 aromatic carbocycles. The number of nitrogens with one attached hydrogen (secondary N) is 1. The van der Waals surface area contributed by atoms with E-state index < -0.39 is 0 Å². The number of thioether (sulfide) groups is 1. The van der Waals surface area contributed by atoms with Gasteiger partial charge in [-0.1, -0.05) is 37.6 Å². The van der Waals surface area contributed by atoms with Crippen molar-refractivity contribution in [2.45, 2.75) is 37.5 Å². The fourth-order valence-electron chi connectivity index (χ4n) is 3.08. The molecule has 2 aromatic rings. The lowest BCUT2D eigenvalue weighted by Crippen LogP contribution is -2.32. The molecule has 1 aliphatic rings. The predicted octanol–water partition coefficient (Wildman–Crippen LogP) is 4.17. The molecule has 2 heterocycles. The van der Waals surface area contributed by atoms with Gasteiger partial charge < -0.3 is 5.32 Å². The molecule has 20 heavy (non-hydrogen) atoms. The van der Waals surface area contributed by atoms with Crippen LogP contribution in [0.4, 0.5) is 0 Å². The van der Waals surface area contributed by atoms with Crippen LogP contribution in [0.2, 0.25) is 0 Å². The van der Waals surface area contributed by atoms with Crippen LogP contribution in [0.25, 0.3) is 10.8 Å². The standard InChI is InChI=1S/C17H22N2S/c1-2-19-17(16-9-5-6-10-20-16)15-12-18-11-13-7-3-4-8-14(13)15/h3-4,7-8,11-12,16-17,19H,2,5-6,9-10H2,1H3. The zero-order valence-corrected chi connectivity index (χ0v) is 12.8. The molecule has 2 nitrogen and oxygen atoms in total. The minimum atomic E-state index is 0.420. The maximum absolute atomic E-state index is 4.46. The van der Waals surface area contributed by atoms with E-state index >= 15 is 0 Å². The molecule has 1 aromatic heterocycles. The molecule has 106 valence electrons. The molecule has 0 amide bonds. The summed E-state index contributed by atoms with van der Waals surface area (Å²) in [6.07, 6.45) is 8.07. The number of pyridine rings is 1. The normalized spacial score (nSPS) is 20.9. The fraction of sp³-hybridized carbons (Fsp3) is 0.471. The van der Waals surface area contributed by atoms with Crippen molar-refractivity contribution in [1.29, 1.82) is 0 Å². The van der Waals surface area contributed by atoms with Crippen molar-refractivity contribution in [3.8, 4) is 0 Å². The smallest absolute Gasteiger partial charge is 0.0462 e. The van der Waals surface area contributed by atoms with Crippen LogP contribution in [0.1, 0.15) is 37.8 Å². The average molecular weight is 286 g/mol. The van der Waals surface area contributed by atoms with E-state index in [9.17, 15) is 0 Å². The maximum Gasteiger partial charge on any atom is 0.0462 e. The first-order valence-electron chi connectivity index (χ1n) is 7.58. The van der Waals surface area contributed by atoms with E-state index in [0.717, 1.165) is 6.54 Å². The third-order valence-corrected chi connectivity index (χ3v) is 5.51. The molecule has 2 atom stereocenters. The first-order chi connectivity index (χ1) is 9.90. The Balaban J connectivity index is 2.00. The summed E-state index contributed by atoms with van der Waals surface area (Å²) in [5, 5.41) is 6.97. The average Bonchev–Trinajstić information content (AvgIpc) is 2.53. The number of hydrogen-bond donors (Lipinski definition) is 1. The molecule has 0 saturated carbocycles. The molecule has 1 aliphatic heterocycles. The van der Waals surface area contributed by atoms with Gasteiger partial charge in [-0.3, -0.25) is 4.98 Å². The van der Waals surface area contributed by atoms with Crippen LogP contribution < -0.4 is 5.32 Å². The SMILES string of the molecule is CCNC(c1cncc2ccccc12)C1CCCCS1. The van der Waals surface area contributed by atoms with Crippen molar-refractivity contribution >= 4 is 22.5 Å². The van der Waals surface area contributed by atoms with Gasteiger partial charge in [0.15, 0.2) is 0 Å². The van der Waals surface area contributed by atoms with Gasteiger partial charge >= 0.3 is 0 Å². The second-order valence-electron chi connectivity index (χ2n) is 5.39. The van der Waals surface area contributed by atoms with Crippen LogP contribution in [0.15, 0.2) is 36.7 Å². The minimum Gasteiger partial charge on any atom is -0.309 e. The highest BCUT2D eigenvalue weighted by atomic mass is 32.2.